The van der Waals surface area contributed by atoms with Crippen LogP contribution in [0.2, 0.25) is 10.4 Å². The molecule has 0 aliphatic carbocycles. The quantitative estimate of drug-likeness (QED) is 0.407. The molecular weight excluding hydrogens is 265 g/mol. The van der Waals surface area contributed by atoms with Crippen LogP contribution >= 0.6 is 58.0 Å². The average molecular weight is 266 g/mol. The largest absolute Gasteiger partial charge is 0.226 e. The lowest BCUT2D eigenvalue weighted by atomic mass is 10.4. The normalized spacial score (nSPS) is 11.8. The molecule has 1 aromatic rings. The van der Waals surface area contributed by atoms with Gasteiger partial charge in [-0.3, -0.25) is 0 Å². The van der Waals surface area contributed by atoms with Crippen molar-refractivity contribution in [2.45, 2.75) is 3.79 Å². The van der Waals surface area contributed by atoms with Gasteiger partial charge in [-0.05, 0) is 11.6 Å². The minimum absolute atomic E-state index is 0.0120. The SMILES string of the molecule is Clc1ncc(C(Cl)(Cl)Cl)c(Cl)n1. The zero-order valence-electron chi connectivity index (χ0n) is 5.36. The number of alkyl halides is 3. The molecule has 0 atom stereocenters. The summed E-state index contributed by atoms with van der Waals surface area (Å²) < 4.78 is -1.62. The second kappa shape index (κ2) is 3.72. The molecule has 66 valence electrons. The highest BCUT2D eigenvalue weighted by Gasteiger charge is 2.27. The van der Waals surface area contributed by atoms with E-state index in [1.54, 1.807) is 0 Å². The van der Waals surface area contributed by atoms with Gasteiger partial charge in [0, 0.05) is 6.20 Å². The summed E-state index contributed by atoms with van der Waals surface area (Å²) in [6.45, 7) is 0. The molecule has 7 heteroatoms. The first-order valence-electron chi connectivity index (χ1n) is 2.66. The Labute approximate surface area is 93.8 Å². The van der Waals surface area contributed by atoms with Crippen LogP contribution in [0.1, 0.15) is 5.56 Å². The second-order valence-electron chi connectivity index (χ2n) is 1.84. The Morgan fingerprint density at radius 3 is 2.17 bits per heavy atom. The van der Waals surface area contributed by atoms with E-state index in [1.165, 1.54) is 6.20 Å². The van der Waals surface area contributed by atoms with Crippen molar-refractivity contribution in [1.29, 1.82) is 0 Å². The lowest BCUT2D eigenvalue weighted by Gasteiger charge is -2.10. The molecule has 0 spiro atoms. The van der Waals surface area contributed by atoms with Crippen LogP contribution in [-0.2, 0) is 3.79 Å². The van der Waals surface area contributed by atoms with Gasteiger partial charge < -0.3 is 0 Å². The van der Waals surface area contributed by atoms with Crippen molar-refractivity contribution >= 4 is 58.0 Å². The van der Waals surface area contributed by atoms with Crippen LogP contribution in [0.4, 0.5) is 0 Å². The van der Waals surface area contributed by atoms with E-state index in [0.717, 1.165) is 0 Å². The van der Waals surface area contributed by atoms with E-state index in [0.29, 0.717) is 0 Å². The molecule has 0 saturated heterocycles. The van der Waals surface area contributed by atoms with Crippen molar-refractivity contribution in [2.24, 2.45) is 0 Å². The Morgan fingerprint density at radius 1 is 1.17 bits per heavy atom. The summed E-state index contributed by atoms with van der Waals surface area (Å²) in [7, 11) is 0. The molecule has 0 N–H and O–H groups in total. The van der Waals surface area contributed by atoms with Crippen molar-refractivity contribution in [3.63, 3.8) is 0 Å². The topological polar surface area (TPSA) is 25.8 Å². The Kier molecular flexibility index (Phi) is 3.29. The van der Waals surface area contributed by atoms with Gasteiger partial charge in [0.1, 0.15) is 5.15 Å². The van der Waals surface area contributed by atoms with Crippen LogP contribution < -0.4 is 0 Å². The first kappa shape index (κ1) is 10.6. The number of hydrogen-bond donors (Lipinski definition) is 0. The summed E-state index contributed by atoms with van der Waals surface area (Å²) in [5, 5.41) is 0.0491. The Hall–Kier alpha value is 0.530. The van der Waals surface area contributed by atoms with E-state index in [1.807, 2.05) is 0 Å². The average Bonchev–Trinajstić information content (AvgIpc) is 1.83. The maximum absolute atomic E-state index is 5.63. The fourth-order valence-corrected chi connectivity index (χ4v) is 1.54. The van der Waals surface area contributed by atoms with Crippen molar-refractivity contribution in [3.8, 4) is 0 Å². The van der Waals surface area contributed by atoms with Gasteiger partial charge in [0.25, 0.3) is 0 Å². The van der Waals surface area contributed by atoms with E-state index in [4.69, 9.17) is 58.0 Å². The maximum Gasteiger partial charge on any atom is 0.223 e. The van der Waals surface area contributed by atoms with Gasteiger partial charge in [-0.1, -0.05) is 46.4 Å². The Morgan fingerprint density at radius 2 is 1.75 bits per heavy atom. The smallest absolute Gasteiger partial charge is 0.223 e. The number of rotatable bonds is 0. The van der Waals surface area contributed by atoms with Gasteiger partial charge in [0.15, 0.2) is 0 Å². The van der Waals surface area contributed by atoms with Gasteiger partial charge in [-0.2, -0.15) is 0 Å². The molecule has 0 unspecified atom stereocenters. The molecular formula is C5HCl5N2. The molecule has 1 heterocycles. The van der Waals surface area contributed by atoms with Gasteiger partial charge in [0.05, 0.1) is 5.56 Å². The zero-order valence-corrected chi connectivity index (χ0v) is 9.14. The lowest BCUT2D eigenvalue weighted by molar-refractivity contribution is 1.08. The third-order valence-electron chi connectivity index (χ3n) is 1.02. The van der Waals surface area contributed by atoms with Gasteiger partial charge in [0.2, 0.25) is 9.08 Å². The van der Waals surface area contributed by atoms with Gasteiger partial charge in [-0.15, -0.1) is 0 Å². The zero-order chi connectivity index (χ0) is 9.35. The monoisotopic (exact) mass is 264 g/mol. The molecule has 0 radical (unpaired) electrons. The Bertz CT molecular complexity index is 294. The summed E-state index contributed by atoms with van der Waals surface area (Å²) in [5.74, 6) is 0. The number of halogens is 5. The van der Waals surface area contributed by atoms with Crippen LogP contribution in [0.25, 0.3) is 0 Å². The van der Waals surface area contributed by atoms with Gasteiger partial charge in [-0.25, -0.2) is 9.97 Å². The summed E-state index contributed by atoms with van der Waals surface area (Å²) in [6.07, 6.45) is 1.27. The van der Waals surface area contributed by atoms with Crippen molar-refractivity contribution < 1.29 is 0 Å². The minimum atomic E-state index is -1.62. The van der Waals surface area contributed by atoms with Crippen LogP contribution in [0.15, 0.2) is 6.20 Å². The van der Waals surface area contributed by atoms with Crippen LogP contribution in [0.3, 0.4) is 0 Å². The lowest BCUT2D eigenvalue weighted by Crippen LogP contribution is -2.03. The summed E-state index contributed by atoms with van der Waals surface area (Å²) in [4.78, 5) is 7.23. The maximum atomic E-state index is 5.63. The Balaban J connectivity index is 3.19. The van der Waals surface area contributed by atoms with Crippen LogP contribution in [-0.4, -0.2) is 9.97 Å². The molecule has 0 aliphatic heterocycles. The molecule has 0 aliphatic rings. The van der Waals surface area contributed by atoms with E-state index >= 15 is 0 Å². The molecule has 12 heavy (non-hydrogen) atoms. The minimum Gasteiger partial charge on any atom is -0.226 e. The standard InChI is InChI=1S/C5HCl5N2/c6-3-2(5(8,9)10)1-11-4(7)12-3/h1H. The van der Waals surface area contributed by atoms with E-state index < -0.39 is 3.79 Å². The van der Waals surface area contributed by atoms with Gasteiger partial charge >= 0.3 is 0 Å². The fourth-order valence-electron chi connectivity index (χ4n) is 0.531. The fraction of sp³-hybridized carbons (Fsp3) is 0.200. The van der Waals surface area contributed by atoms with Crippen LogP contribution in [0, 0.1) is 0 Å². The summed E-state index contributed by atoms with van der Waals surface area (Å²) in [5.41, 5.74) is 0.207. The third kappa shape index (κ3) is 2.51. The molecule has 1 aromatic heterocycles. The molecule has 1 rings (SSSR count). The van der Waals surface area contributed by atoms with E-state index in [-0.39, 0.29) is 16.0 Å². The molecule has 2 nitrogen and oxygen atoms in total. The molecule has 0 aromatic carbocycles. The first-order valence-corrected chi connectivity index (χ1v) is 4.55. The predicted octanol–water partition coefficient (Wildman–Crippen LogP) is 3.61. The molecule has 0 fully saturated rings. The third-order valence-corrected chi connectivity index (χ3v) is 2.10. The number of nitrogens with zero attached hydrogens (tertiary/aromatic N) is 2. The highest BCUT2D eigenvalue weighted by Crippen LogP contribution is 2.40. The van der Waals surface area contributed by atoms with E-state index in [9.17, 15) is 0 Å². The summed E-state index contributed by atoms with van der Waals surface area (Å²) in [6, 6.07) is 0. The summed E-state index contributed by atoms with van der Waals surface area (Å²) >= 11 is 27.7. The second-order valence-corrected chi connectivity index (χ2v) is 4.82. The van der Waals surface area contributed by atoms with Crippen molar-refractivity contribution in [1.82, 2.24) is 9.97 Å². The number of aromatic nitrogens is 2. The molecule has 0 bridgehead atoms. The van der Waals surface area contributed by atoms with Crippen LogP contribution in [0.5, 0.6) is 0 Å². The highest BCUT2D eigenvalue weighted by molar-refractivity contribution is 6.67. The molecule has 0 saturated carbocycles. The van der Waals surface area contributed by atoms with Crippen molar-refractivity contribution in [3.05, 3.63) is 22.2 Å². The molecule has 0 amide bonds. The highest BCUT2D eigenvalue weighted by atomic mass is 35.6. The number of hydrogen-bond acceptors (Lipinski definition) is 2. The van der Waals surface area contributed by atoms with E-state index in [2.05, 4.69) is 9.97 Å². The van der Waals surface area contributed by atoms with Crippen molar-refractivity contribution in [2.75, 3.05) is 0 Å². The first-order chi connectivity index (χ1) is 5.41. The predicted molar refractivity (Wildman–Crippen MR) is 51.3 cm³/mol.